The number of ketones is 1. The summed E-state index contributed by atoms with van der Waals surface area (Å²) < 4.78 is 78.0. The minimum absolute atomic E-state index is 0.0725. The van der Waals surface area contributed by atoms with Gasteiger partial charge in [0.05, 0.1) is 14.2 Å². The molecule has 0 aliphatic carbocycles. The number of carbonyl (C=O) groups is 1. The molecule has 31 heavy (non-hydrogen) atoms. The summed E-state index contributed by atoms with van der Waals surface area (Å²) in [5.41, 5.74) is 0.461. The van der Waals surface area contributed by atoms with Gasteiger partial charge >= 0.3 is 10.2 Å². The second-order valence-electron chi connectivity index (χ2n) is 6.77. The zero-order valence-corrected chi connectivity index (χ0v) is 17.6. The van der Waals surface area contributed by atoms with E-state index in [-0.39, 0.29) is 29.3 Å². The summed E-state index contributed by atoms with van der Waals surface area (Å²) in [5, 5.41) is 16.4. The van der Waals surface area contributed by atoms with Gasteiger partial charge in [-0.05, 0) is 26.0 Å². The van der Waals surface area contributed by atoms with E-state index in [0.29, 0.717) is 11.1 Å². The average molecular weight is 467 g/mol. The van der Waals surface area contributed by atoms with E-state index in [2.05, 4.69) is 14.9 Å². The van der Waals surface area contributed by atoms with Crippen LogP contribution in [0, 0.1) is 19.3 Å². The third-order valence-electron chi connectivity index (χ3n) is 4.64. The van der Waals surface area contributed by atoms with Gasteiger partial charge < -0.3 is 9.47 Å². The monoisotopic (exact) mass is 467 g/mol. The van der Waals surface area contributed by atoms with Gasteiger partial charge in [-0.1, -0.05) is 19.4 Å². The van der Waals surface area contributed by atoms with Gasteiger partial charge in [-0.15, -0.1) is 10.2 Å². The first-order valence-electron chi connectivity index (χ1n) is 8.57. The first-order chi connectivity index (χ1) is 14.0. The van der Waals surface area contributed by atoms with Gasteiger partial charge in [0.2, 0.25) is 11.5 Å². The molecule has 0 spiro atoms. The van der Waals surface area contributed by atoms with Crippen LogP contribution in [-0.4, -0.2) is 39.4 Å². The van der Waals surface area contributed by atoms with Crippen LogP contribution in [0.1, 0.15) is 21.5 Å². The molecule has 0 saturated heterocycles. The Hall–Kier alpha value is -3.16. The SMILES string of the molecule is COc1cc(C(=O)Cn2nc3c(C)c(C)c(OC)nn3c2=N)cc(S(F)(F)(F)(F)F)c1. The lowest BCUT2D eigenvalue weighted by Gasteiger charge is -2.40. The fourth-order valence-corrected chi connectivity index (χ4v) is 3.53. The molecule has 1 aromatic carbocycles. The molecule has 0 aliphatic rings. The van der Waals surface area contributed by atoms with Crippen LogP contribution in [0.4, 0.5) is 19.4 Å². The van der Waals surface area contributed by atoms with E-state index in [0.717, 1.165) is 22.4 Å². The fraction of sp³-hybridized carbons (Fsp3) is 0.294. The zero-order chi connectivity index (χ0) is 23.4. The highest BCUT2D eigenvalue weighted by Gasteiger charge is 2.65. The molecular formula is C17H18F5N5O3S. The number of hydrogen-bond donors (Lipinski definition) is 1. The fourth-order valence-electron chi connectivity index (χ4n) is 2.84. The first-order valence-corrected chi connectivity index (χ1v) is 10.5. The maximum atomic E-state index is 13.3. The number of methoxy groups -OCH3 is 2. The predicted octanol–water partition coefficient (Wildman–Crippen LogP) is 4.18. The maximum Gasteiger partial charge on any atom is 0.310 e. The second-order valence-corrected chi connectivity index (χ2v) is 9.17. The molecule has 1 N–H and O–H groups in total. The van der Waals surface area contributed by atoms with E-state index in [1.165, 1.54) is 7.11 Å². The Bertz CT molecular complexity index is 1280. The molecule has 170 valence electrons. The molecule has 14 heteroatoms. The van der Waals surface area contributed by atoms with Gasteiger partial charge in [0, 0.05) is 22.8 Å². The van der Waals surface area contributed by atoms with E-state index in [4.69, 9.17) is 10.1 Å². The molecule has 0 amide bonds. The second kappa shape index (κ2) is 6.42. The van der Waals surface area contributed by atoms with E-state index in [1.54, 1.807) is 13.8 Å². The summed E-state index contributed by atoms with van der Waals surface area (Å²) in [6, 6.07) is 1.11. The first kappa shape index (κ1) is 22.5. The minimum atomic E-state index is -10.1. The van der Waals surface area contributed by atoms with E-state index >= 15 is 0 Å². The summed E-state index contributed by atoms with van der Waals surface area (Å²) in [6.45, 7) is 2.72. The number of ether oxygens (including phenoxy) is 2. The van der Waals surface area contributed by atoms with Crippen molar-refractivity contribution in [2.45, 2.75) is 25.3 Å². The highest BCUT2D eigenvalue weighted by atomic mass is 32.5. The van der Waals surface area contributed by atoms with Crippen molar-refractivity contribution in [1.82, 2.24) is 19.4 Å². The average Bonchev–Trinajstić information content (AvgIpc) is 2.98. The Morgan fingerprint density at radius 1 is 1.03 bits per heavy atom. The summed E-state index contributed by atoms with van der Waals surface area (Å²) in [6.07, 6.45) is 0. The molecule has 0 bridgehead atoms. The molecule has 0 saturated carbocycles. The Labute approximate surface area is 172 Å². The number of rotatable bonds is 6. The van der Waals surface area contributed by atoms with Crippen LogP contribution < -0.4 is 15.1 Å². The van der Waals surface area contributed by atoms with Crippen molar-refractivity contribution < 1.29 is 33.7 Å². The number of aromatic nitrogens is 4. The van der Waals surface area contributed by atoms with Crippen molar-refractivity contribution in [3.8, 4) is 11.6 Å². The molecular weight excluding hydrogens is 449 g/mol. The molecule has 0 unspecified atom stereocenters. The van der Waals surface area contributed by atoms with Gasteiger partial charge in [0.25, 0.3) is 0 Å². The van der Waals surface area contributed by atoms with Gasteiger partial charge in [-0.3, -0.25) is 10.2 Å². The van der Waals surface area contributed by atoms with Crippen LogP contribution in [0.2, 0.25) is 0 Å². The molecule has 0 atom stereocenters. The Morgan fingerprint density at radius 2 is 1.68 bits per heavy atom. The standard InChI is InChI=1S/C17H18F5N5O3S/c1-9-10(2)16(30-4)25-27-15(9)24-26(17(27)23)8-14(28)11-5-12(29-3)7-13(6-11)31(18,19,20,21)22/h5-7,23H,8H2,1-4H3. The predicted molar refractivity (Wildman–Crippen MR) is 102 cm³/mol. The van der Waals surface area contributed by atoms with Crippen molar-refractivity contribution in [2.75, 3.05) is 14.2 Å². The number of benzene rings is 1. The lowest BCUT2D eigenvalue weighted by Crippen LogP contribution is -2.26. The third-order valence-corrected chi connectivity index (χ3v) is 5.77. The normalized spacial score (nSPS) is 14.2. The van der Waals surface area contributed by atoms with Crippen LogP contribution in [0.5, 0.6) is 11.6 Å². The van der Waals surface area contributed by atoms with Crippen molar-refractivity contribution >= 4 is 21.7 Å². The van der Waals surface area contributed by atoms with Crippen molar-refractivity contribution in [2.24, 2.45) is 0 Å². The van der Waals surface area contributed by atoms with Gasteiger partial charge in [-0.2, -0.15) is 4.52 Å². The quantitative estimate of drug-likeness (QED) is 0.434. The van der Waals surface area contributed by atoms with Crippen LogP contribution in [0.25, 0.3) is 5.65 Å². The van der Waals surface area contributed by atoms with Crippen molar-refractivity contribution in [3.63, 3.8) is 0 Å². The van der Waals surface area contributed by atoms with Gasteiger partial charge in [0.15, 0.2) is 11.4 Å². The van der Waals surface area contributed by atoms with Crippen molar-refractivity contribution in [1.29, 1.82) is 5.41 Å². The summed E-state index contributed by atoms with van der Waals surface area (Å²) in [7, 11) is -7.68. The topological polar surface area (TPSA) is 94.5 Å². The molecule has 2 aromatic heterocycles. The zero-order valence-electron chi connectivity index (χ0n) is 16.8. The number of hydrogen-bond acceptors (Lipinski definition) is 6. The number of Topliss-reactive ketones (excluding diaryl/α,β-unsaturated/α-hetero) is 1. The van der Waals surface area contributed by atoms with Gasteiger partial charge in [-0.25, -0.2) is 4.68 Å². The molecule has 3 rings (SSSR count). The van der Waals surface area contributed by atoms with Crippen LogP contribution in [0.3, 0.4) is 0 Å². The Kier molecular flexibility index (Phi) is 4.66. The molecule has 8 nitrogen and oxygen atoms in total. The molecule has 0 fully saturated rings. The summed E-state index contributed by atoms with van der Waals surface area (Å²) >= 11 is 0. The largest absolute Gasteiger partial charge is 0.497 e. The molecule has 0 radical (unpaired) electrons. The van der Waals surface area contributed by atoms with E-state index < -0.39 is 38.8 Å². The van der Waals surface area contributed by atoms with Crippen LogP contribution in [0.15, 0.2) is 23.1 Å². The Balaban J connectivity index is 2.08. The molecule has 2 heterocycles. The number of fused-ring (bicyclic) bond motifs is 1. The minimum Gasteiger partial charge on any atom is -0.497 e. The lowest BCUT2D eigenvalue weighted by atomic mass is 10.1. The number of halogens is 5. The van der Waals surface area contributed by atoms with Crippen LogP contribution >= 0.6 is 10.2 Å². The summed E-state index contributed by atoms with van der Waals surface area (Å²) in [4.78, 5) is 10.4. The summed E-state index contributed by atoms with van der Waals surface area (Å²) in [5.74, 6) is -1.31. The molecule has 0 aliphatic heterocycles. The highest BCUT2D eigenvalue weighted by molar-refractivity contribution is 8.45. The number of nitrogens with zero attached hydrogens (tertiary/aromatic N) is 4. The third kappa shape index (κ3) is 4.19. The number of carbonyl (C=O) groups excluding carboxylic acids is 1. The lowest BCUT2D eigenvalue weighted by molar-refractivity contribution is 0.0965. The van der Waals surface area contributed by atoms with Crippen molar-refractivity contribution in [3.05, 3.63) is 40.5 Å². The van der Waals surface area contributed by atoms with E-state index in [9.17, 15) is 24.2 Å². The molecule has 3 aromatic rings. The van der Waals surface area contributed by atoms with Gasteiger partial charge in [0.1, 0.15) is 17.2 Å². The number of nitrogens with one attached hydrogen (secondary N) is 1. The Morgan fingerprint density at radius 3 is 2.23 bits per heavy atom. The maximum absolute atomic E-state index is 13.3. The van der Waals surface area contributed by atoms with Crippen LogP contribution in [-0.2, 0) is 6.54 Å². The highest BCUT2D eigenvalue weighted by Crippen LogP contribution is 3.02. The smallest absolute Gasteiger partial charge is 0.310 e. The van der Waals surface area contributed by atoms with E-state index in [1.807, 2.05) is 0 Å². The number of aryl methyl sites for hydroxylation is 1.